The van der Waals surface area contributed by atoms with Crippen LogP contribution in [0.5, 0.6) is 0 Å². The molecule has 6 heteroatoms. The second-order valence-electron chi connectivity index (χ2n) is 6.61. The van der Waals surface area contributed by atoms with Crippen molar-refractivity contribution in [3.8, 4) is 0 Å². The van der Waals surface area contributed by atoms with E-state index in [1.807, 2.05) is 0 Å². The molecule has 0 amide bonds. The standard InChI is InChI=1S/C19H19ClN2O2S/c20-16-8-3-4-10-18(16)25(23,24)22-13-15(12-14-6-1-2-7-14)19-17(22)9-5-11-21-19/h3-5,8-11,13-14H,1-2,6-7,12H2. The molecule has 130 valence electrons. The van der Waals surface area contributed by atoms with E-state index in [1.54, 1.807) is 42.7 Å². The van der Waals surface area contributed by atoms with Crippen molar-refractivity contribution in [3.63, 3.8) is 0 Å². The molecule has 3 aromatic rings. The van der Waals surface area contributed by atoms with Gasteiger partial charge in [-0.1, -0.05) is 49.4 Å². The predicted molar refractivity (Wildman–Crippen MR) is 99.4 cm³/mol. The highest BCUT2D eigenvalue weighted by Gasteiger charge is 2.25. The molecular formula is C19H19ClN2O2S. The van der Waals surface area contributed by atoms with Gasteiger partial charge in [0.1, 0.15) is 4.90 Å². The van der Waals surface area contributed by atoms with Crippen LogP contribution in [0, 0.1) is 5.92 Å². The van der Waals surface area contributed by atoms with Gasteiger partial charge in [0.25, 0.3) is 10.0 Å². The number of pyridine rings is 1. The zero-order chi connectivity index (χ0) is 17.4. The lowest BCUT2D eigenvalue weighted by Crippen LogP contribution is -2.12. The SMILES string of the molecule is O=S(=O)(c1ccccc1Cl)n1cc(CC2CCCC2)c2ncccc21. The highest BCUT2D eigenvalue weighted by Crippen LogP contribution is 2.33. The van der Waals surface area contributed by atoms with Crippen LogP contribution in [0.15, 0.2) is 53.7 Å². The Morgan fingerprint density at radius 3 is 2.64 bits per heavy atom. The molecule has 0 aliphatic heterocycles. The molecule has 2 aromatic heterocycles. The minimum atomic E-state index is -3.76. The van der Waals surface area contributed by atoms with Crippen molar-refractivity contribution in [1.82, 2.24) is 8.96 Å². The summed E-state index contributed by atoms with van der Waals surface area (Å²) in [5, 5.41) is 0.227. The van der Waals surface area contributed by atoms with Crippen molar-refractivity contribution >= 4 is 32.7 Å². The molecule has 2 heterocycles. The van der Waals surface area contributed by atoms with E-state index in [-0.39, 0.29) is 9.92 Å². The Morgan fingerprint density at radius 2 is 1.88 bits per heavy atom. The van der Waals surface area contributed by atoms with Crippen LogP contribution in [0.1, 0.15) is 31.2 Å². The smallest absolute Gasteiger partial charge is 0.254 e. The molecule has 1 aliphatic carbocycles. The van der Waals surface area contributed by atoms with E-state index in [0.717, 1.165) is 17.5 Å². The first-order valence-electron chi connectivity index (χ1n) is 8.52. The molecule has 1 aromatic carbocycles. The van der Waals surface area contributed by atoms with E-state index >= 15 is 0 Å². The third-order valence-corrected chi connectivity index (χ3v) is 7.13. The van der Waals surface area contributed by atoms with E-state index in [0.29, 0.717) is 11.4 Å². The molecule has 0 unspecified atom stereocenters. The van der Waals surface area contributed by atoms with E-state index in [1.165, 1.54) is 35.7 Å². The average Bonchev–Trinajstić information content (AvgIpc) is 3.24. The molecule has 0 spiro atoms. The lowest BCUT2D eigenvalue weighted by molar-refractivity contribution is 0.547. The predicted octanol–water partition coefficient (Wildman–Crippen LogP) is 4.66. The van der Waals surface area contributed by atoms with Gasteiger partial charge in [0.15, 0.2) is 0 Å². The lowest BCUT2D eigenvalue weighted by Gasteiger charge is -2.09. The maximum Gasteiger partial charge on any atom is 0.269 e. The highest BCUT2D eigenvalue weighted by atomic mass is 35.5. The molecular weight excluding hydrogens is 356 g/mol. The third-order valence-electron chi connectivity index (χ3n) is 4.96. The lowest BCUT2D eigenvalue weighted by atomic mass is 9.99. The molecule has 1 saturated carbocycles. The molecule has 1 aliphatic rings. The number of halogens is 1. The molecule has 0 radical (unpaired) electrons. The Hall–Kier alpha value is -1.85. The molecule has 25 heavy (non-hydrogen) atoms. The topological polar surface area (TPSA) is 52.0 Å². The van der Waals surface area contributed by atoms with E-state index < -0.39 is 10.0 Å². The zero-order valence-electron chi connectivity index (χ0n) is 13.7. The fourth-order valence-electron chi connectivity index (χ4n) is 3.73. The van der Waals surface area contributed by atoms with Crippen molar-refractivity contribution in [2.75, 3.05) is 0 Å². The van der Waals surface area contributed by atoms with Gasteiger partial charge < -0.3 is 0 Å². The monoisotopic (exact) mass is 374 g/mol. The number of rotatable bonds is 4. The minimum Gasteiger partial charge on any atom is -0.254 e. The fourth-order valence-corrected chi connectivity index (χ4v) is 5.61. The van der Waals surface area contributed by atoms with Crippen molar-refractivity contribution in [3.05, 3.63) is 59.4 Å². The first-order valence-corrected chi connectivity index (χ1v) is 10.3. The van der Waals surface area contributed by atoms with Crippen LogP contribution in [0.2, 0.25) is 5.02 Å². The van der Waals surface area contributed by atoms with Crippen molar-refractivity contribution in [2.45, 2.75) is 37.0 Å². The molecule has 0 N–H and O–H groups in total. The Bertz CT molecular complexity index is 1020. The summed E-state index contributed by atoms with van der Waals surface area (Å²) in [5.74, 6) is 0.615. The quantitative estimate of drug-likeness (QED) is 0.667. The molecule has 1 fully saturated rings. The summed E-state index contributed by atoms with van der Waals surface area (Å²) in [4.78, 5) is 4.57. The number of aromatic nitrogens is 2. The van der Waals surface area contributed by atoms with Gasteiger partial charge in [0.2, 0.25) is 0 Å². The summed E-state index contributed by atoms with van der Waals surface area (Å²) in [7, 11) is -3.76. The molecule has 0 atom stereocenters. The second-order valence-corrected chi connectivity index (χ2v) is 8.80. The second kappa shape index (κ2) is 6.46. The van der Waals surface area contributed by atoms with Crippen molar-refractivity contribution < 1.29 is 8.42 Å². The minimum absolute atomic E-state index is 0.116. The Labute approximate surface area is 152 Å². The highest BCUT2D eigenvalue weighted by molar-refractivity contribution is 7.90. The molecule has 0 bridgehead atoms. The normalized spacial score (nSPS) is 15.9. The summed E-state index contributed by atoms with van der Waals surface area (Å²) >= 11 is 6.15. The van der Waals surface area contributed by atoms with Crippen LogP contribution < -0.4 is 0 Å². The van der Waals surface area contributed by atoms with Gasteiger partial charge in [0.05, 0.1) is 16.1 Å². The van der Waals surface area contributed by atoms with Crippen molar-refractivity contribution in [1.29, 1.82) is 0 Å². The summed E-state index contributed by atoms with van der Waals surface area (Å²) < 4.78 is 27.7. The summed E-state index contributed by atoms with van der Waals surface area (Å²) in [6, 6.07) is 10.1. The Kier molecular flexibility index (Phi) is 4.29. The van der Waals surface area contributed by atoms with Crippen LogP contribution >= 0.6 is 11.6 Å². The number of nitrogens with zero attached hydrogens (tertiary/aromatic N) is 2. The Morgan fingerprint density at radius 1 is 1.12 bits per heavy atom. The zero-order valence-corrected chi connectivity index (χ0v) is 15.3. The first kappa shape index (κ1) is 16.6. The van der Waals surface area contributed by atoms with Crippen LogP contribution in [0.3, 0.4) is 0 Å². The van der Waals surface area contributed by atoms with Crippen LogP contribution in [-0.2, 0) is 16.4 Å². The van der Waals surface area contributed by atoms with Gasteiger partial charge in [-0.2, -0.15) is 0 Å². The first-order chi connectivity index (χ1) is 12.1. The van der Waals surface area contributed by atoms with Gasteiger partial charge in [-0.25, -0.2) is 12.4 Å². The molecule has 4 nitrogen and oxygen atoms in total. The summed E-state index contributed by atoms with van der Waals surface area (Å²) in [6.45, 7) is 0. The molecule has 4 rings (SSSR count). The Balaban J connectivity index is 1.86. The van der Waals surface area contributed by atoms with Gasteiger partial charge in [0, 0.05) is 12.4 Å². The van der Waals surface area contributed by atoms with E-state index in [9.17, 15) is 8.42 Å². The fraction of sp³-hybridized carbons (Fsp3) is 0.316. The summed E-state index contributed by atoms with van der Waals surface area (Å²) in [5.41, 5.74) is 2.37. The van der Waals surface area contributed by atoms with E-state index in [2.05, 4.69) is 4.98 Å². The number of hydrogen-bond acceptors (Lipinski definition) is 3. The van der Waals surface area contributed by atoms with Gasteiger partial charge in [-0.3, -0.25) is 4.98 Å². The van der Waals surface area contributed by atoms with Crippen LogP contribution in [-0.4, -0.2) is 17.4 Å². The van der Waals surface area contributed by atoms with Crippen LogP contribution in [0.4, 0.5) is 0 Å². The van der Waals surface area contributed by atoms with Gasteiger partial charge in [-0.15, -0.1) is 0 Å². The molecule has 0 saturated heterocycles. The summed E-state index contributed by atoms with van der Waals surface area (Å²) in [6.07, 6.45) is 9.25. The maximum atomic E-state index is 13.2. The number of hydrogen-bond donors (Lipinski definition) is 0. The maximum absolute atomic E-state index is 13.2. The van der Waals surface area contributed by atoms with E-state index in [4.69, 9.17) is 11.6 Å². The average molecular weight is 375 g/mol. The van der Waals surface area contributed by atoms with Gasteiger partial charge in [-0.05, 0) is 42.2 Å². The number of fused-ring (bicyclic) bond motifs is 1. The third kappa shape index (κ3) is 2.96. The van der Waals surface area contributed by atoms with Crippen molar-refractivity contribution in [2.24, 2.45) is 5.92 Å². The van der Waals surface area contributed by atoms with Gasteiger partial charge >= 0.3 is 0 Å². The largest absolute Gasteiger partial charge is 0.269 e. The van der Waals surface area contributed by atoms with Crippen LogP contribution in [0.25, 0.3) is 11.0 Å². The number of benzene rings is 1.